The average Bonchev–Trinajstić information content (AvgIpc) is 2.31. The van der Waals surface area contributed by atoms with Crippen molar-refractivity contribution in [3.05, 3.63) is 68.2 Å². The lowest BCUT2D eigenvalue weighted by Gasteiger charge is -2.14. The first-order chi connectivity index (χ1) is 8.88. The first kappa shape index (κ1) is 14.9. The van der Waals surface area contributed by atoms with Crippen molar-refractivity contribution in [3.63, 3.8) is 0 Å². The molecule has 2 aromatic rings. The van der Waals surface area contributed by atoms with E-state index in [-0.39, 0.29) is 4.83 Å². The Morgan fingerprint density at radius 2 is 1.74 bits per heavy atom. The molecule has 0 aromatic heterocycles. The summed E-state index contributed by atoms with van der Waals surface area (Å²) in [4.78, 5) is -0.387. The van der Waals surface area contributed by atoms with E-state index in [4.69, 9.17) is 11.6 Å². The Labute approximate surface area is 132 Å². The predicted molar refractivity (Wildman–Crippen MR) is 81.0 cm³/mol. The van der Waals surface area contributed by atoms with Gasteiger partial charge in [-0.15, -0.1) is 0 Å². The van der Waals surface area contributed by atoms with E-state index in [2.05, 4.69) is 31.9 Å². The van der Waals surface area contributed by atoms with Gasteiger partial charge in [-0.25, -0.2) is 8.78 Å². The van der Waals surface area contributed by atoms with E-state index in [0.717, 1.165) is 16.1 Å². The van der Waals surface area contributed by atoms with Crippen LogP contribution in [0, 0.1) is 18.6 Å². The van der Waals surface area contributed by atoms with Crippen molar-refractivity contribution in [2.45, 2.75) is 11.8 Å². The Morgan fingerprint density at radius 1 is 1.05 bits per heavy atom. The molecule has 0 bridgehead atoms. The maximum absolute atomic E-state index is 13.9. The molecule has 0 N–H and O–H groups in total. The van der Waals surface area contributed by atoms with Crippen LogP contribution in [0.4, 0.5) is 8.78 Å². The molecule has 0 spiro atoms. The summed E-state index contributed by atoms with van der Waals surface area (Å²) >= 11 is 12.7. The molecule has 0 aliphatic heterocycles. The van der Waals surface area contributed by atoms with Crippen LogP contribution < -0.4 is 0 Å². The number of halogens is 5. The first-order valence-electron chi connectivity index (χ1n) is 5.44. The standard InChI is InChI=1S/C14H9Br2ClF2/c1-7-2-11(13(19)6-12(7)18)14(16)8-3-9(15)5-10(17)4-8/h2-6,14H,1H3. The van der Waals surface area contributed by atoms with E-state index in [1.807, 2.05) is 6.07 Å². The second-order valence-corrected chi connectivity index (χ2v) is 6.46. The Balaban J connectivity index is 2.49. The zero-order chi connectivity index (χ0) is 14.2. The Morgan fingerprint density at radius 3 is 2.37 bits per heavy atom. The molecular formula is C14H9Br2ClF2. The highest BCUT2D eigenvalue weighted by atomic mass is 79.9. The van der Waals surface area contributed by atoms with E-state index in [1.54, 1.807) is 19.1 Å². The van der Waals surface area contributed by atoms with Gasteiger partial charge < -0.3 is 0 Å². The number of alkyl halides is 1. The zero-order valence-corrected chi connectivity index (χ0v) is 13.8. The summed E-state index contributed by atoms with van der Waals surface area (Å²) in [7, 11) is 0. The van der Waals surface area contributed by atoms with E-state index in [0.29, 0.717) is 16.1 Å². The van der Waals surface area contributed by atoms with Gasteiger partial charge in [-0.2, -0.15) is 0 Å². The lowest BCUT2D eigenvalue weighted by molar-refractivity contribution is 0.569. The van der Waals surface area contributed by atoms with E-state index < -0.39 is 11.6 Å². The molecule has 5 heteroatoms. The van der Waals surface area contributed by atoms with Crippen molar-refractivity contribution >= 4 is 43.5 Å². The summed E-state index contributed by atoms with van der Waals surface area (Å²) < 4.78 is 27.9. The third-order valence-electron chi connectivity index (χ3n) is 2.73. The molecule has 1 atom stereocenters. The quantitative estimate of drug-likeness (QED) is 0.519. The number of hydrogen-bond acceptors (Lipinski definition) is 0. The molecule has 0 radical (unpaired) electrons. The van der Waals surface area contributed by atoms with Crippen LogP contribution in [0.1, 0.15) is 21.5 Å². The largest absolute Gasteiger partial charge is 0.207 e. The summed E-state index contributed by atoms with van der Waals surface area (Å²) in [5.74, 6) is -1.13. The highest BCUT2D eigenvalue weighted by Gasteiger charge is 2.17. The fraction of sp³-hybridized carbons (Fsp3) is 0.143. The molecule has 1 unspecified atom stereocenters. The molecule has 2 rings (SSSR count). The van der Waals surface area contributed by atoms with Crippen molar-refractivity contribution in [1.29, 1.82) is 0 Å². The summed E-state index contributed by atoms with van der Waals surface area (Å²) in [5.41, 5.74) is 1.58. The lowest BCUT2D eigenvalue weighted by Crippen LogP contribution is -1.99. The van der Waals surface area contributed by atoms with Gasteiger partial charge in [0.25, 0.3) is 0 Å². The lowest BCUT2D eigenvalue weighted by atomic mass is 10.0. The molecule has 0 heterocycles. The normalized spacial score (nSPS) is 12.5. The monoisotopic (exact) mass is 408 g/mol. The second-order valence-electron chi connectivity index (χ2n) is 4.19. The van der Waals surface area contributed by atoms with Crippen LogP contribution >= 0.6 is 43.5 Å². The third kappa shape index (κ3) is 3.36. The number of benzene rings is 2. The summed E-state index contributed by atoms with van der Waals surface area (Å²) in [6.45, 7) is 1.60. The van der Waals surface area contributed by atoms with Crippen LogP contribution in [0.25, 0.3) is 0 Å². The fourth-order valence-electron chi connectivity index (χ4n) is 1.77. The smallest absolute Gasteiger partial charge is 0.130 e. The van der Waals surface area contributed by atoms with Crippen molar-refractivity contribution in [1.82, 2.24) is 0 Å². The van der Waals surface area contributed by atoms with Crippen LogP contribution in [-0.2, 0) is 0 Å². The van der Waals surface area contributed by atoms with Gasteiger partial charge in [0.05, 0.1) is 4.83 Å². The highest BCUT2D eigenvalue weighted by Crippen LogP contribution is 2.36. The molecule has 0 amide bonds. The summed E-state index contributed by atoms with van der Waals surface area (Å²) in [6.07, 6.45) is 0. The average molecular weight is 410 g/mol. The SMILES string of the molecule is Cc1cc(C(Br)c2cc(Cl)cc(Br)c2)c(F)cc1F. The minimum atomic E-state index is -0.582. The number of aryl methyl sites for hydroxylation is 1. The molecule has 0 nitrogen and oxygen atoms in total. The Kier molecular flexibility index (Phi) is 4.64. The molecule has 0 fully saturated rings. The van der Waals surface area contributed by atoms with Gasteiger partial charge in [-0.1, -0.05) is 43.5 Å². The molecular weight excluding hydrogens is 401 g/mol. The van der Waals surface area contributed by atoms with Crippen molar-refractivity contribution in [2.75, 3.05) is 0 Å². The van der Waals surface area contributed by atoms with Crippen LogP contribution in [0.5, 0.6) is 0 Å². The second kappa shape index (κ2) is 5.90. The summed E-state index contributed by atoms with van der Waals surface area (Å²) in [5, 5.41) is 0.549. The van der Waals surface area contributed by atoms with Gasteiger partial charge in [-0.3, -0.25) is 0 Å². The van der Waals surface area contributed by atoms with E-state index in [1.165, 1.54) is 6.07 Å². The van der Waals surface area contributed by atoms with E-state index >= 15 is 0 Å². The molecule has 0 aliphatic carbocycles. The minimum absolute atomic E-state index is 0.382. The van der Waals surface area contributed by atoms with Gasteiger partial charge >= 0.3 is 0 Å². The molecule has 19 heavy (non-hydrogen) atoms. The fourth-order valence-corrected chi connectivity index (χ4v) is 3.28. The Bertz CT molecular complexity index is 609. The van der Waals surface area contributed by atoms with Crippen LogP contribution in [0.3, 0.4) is 0 Å². The van der Waals surface area contributed by atoms with Crippen molar-refractivity contribution in [2.24, 2.45) is 0 Å². The van der Waals surface area contributed by atoms with Gasteiger partial charge in [-0.05, 0) is 42.3 Å². The number of hydrogen-bond donors (Lipinski definition) is 0. The maximum atomic E-state index is 13.9. The van der Waals surface area contributed by atoms with E-state index in [9.17, 15) is 8.78 Å². The van der Waals surface area contributed by atoms with Crippen LogP contribution in [0.15, 0.2) is 34.8 Å². The molecule has 0 saturated carbocycles. The van der Waals surface area contributed by atoms with Crippen molar-refractivity contribution < 1.29 is 8.78 Å². The minimum Gasteiger partial charge on any atom is -0.207 e. The van der Waals surface area contributed by atoms with Gasteiger partial charge in [0.1, 0.15) is 11.6 Å². The van der Waals surface area contributed by atoms with Gasteiger partial charge in [0.2, 0.25) is 0 Å². The first-order valence-corrected chi connectivity index (χ1v) is 7.52. The maximum Gasteiger partial charge on any atom is 0.130 e. The van der Waals surface area contributed by atoms with Crippen molar-refractivity contribution in [3.8, 4) is 0 Å². The molecule has 100 valence electrons. The third-order valence-corrected chi connectivity index (χ3v) is 4.43. The summed E-state index contributed by atoms with van der Waals surface area (Å²) in [6, 6.07) is 7.72. The Hall–Kier alpha value is -0.450. The van der Waals surface area contributed by atoms with Gasteiger partial charge in [0.15, 0.2) is 0 Å². The van der Waals surface area contributed by atoms with Crippen LogP contribution in [-0.4, -0.2) is 0 Å². The number of rotatable bonds is 2. The topological polar surface area (TPSA) is 0 Å². The predicted octanol–water partition coefficient (Wildman–Crippen LogP) is 6.17. The van der Waals surface area contributed by atoms with Gasteiger partial charge in [0, 0.05) is 21.1 Å². The highest BCUT2D eigenvalue weighted by molar-refractivity contribution is 9.10. The molecule has 2 aromatic carbocycles. The molecule has 0 saturated heterocycles. The molecule has 0 aliphatic rings. The zero-order valence-electron chi connectivity index (χ0n) is 9.85. The van der Waals surface area contributed by atoms with Crippen LogP contribution in [0.2, 0.25) is 5.02 Å².